The van der Waals surface area contributed by atoms with E-state index in [2.05, 4.69) is 61.5 Å². The van der Waals surface area contributed by atoms with Crippen LogP contribution in [0.3, 0.4) is 0 Å². The SMILES string of the molecule is CN(C)CCCNc1c2ccccc2nc2c1oc1c(OCCCN(C)C)cccc12. The number of anilines is 1. The van der Waals surface area contributed by atoms with Crippen molar-refractivity contribution in [1.29, 1.82) is 0 Å². The maximum absolute atomic E-state index is 6.41. The highest BCUT2D eigenvalue weighted by atomic mass is 16.5. The highest BCUT2D eigenvalue weighted by molar-refractivity contribution is 6.14. The second-order valence-electron chi connectivity index (χ2n) is 8.51. The molecule has 0 amide bonds. The summed E-state index contributed by atoms with van der Waals surface area (Å²) in [7, 11) is 8.34. The molecule has 164 valence electrons. The average Bonchev–Trinajstić information content (AvgIpc) is 3.12. The lowest BCUT2D eigenvalue weighted by molar-refractivity contribution is 0.281. The van der Waals surface area contributed by atoms with Gasteiger partial charge in [-0.2, -0.15) is 0 Å². The van der Waals surface area contributed by atoms with E-state index >= 15 is 0 Å². The van der Waals surface area contributed by atoms with Crippen molar-refractivity contribution in [2.24, 2.45) is 0 Å². The molecule has 4 aromatic rings. The van der Waals surface area contributed by atoms with E-state index in [1.165, 1.54) is 0 Å². The molecular weight excluding hydrogens is 388 g/mol. The summed E-state index contributed by atoms with van der Waals surface area (Å²) in [6.07, 6.45) is 2.01. The molecule has 2 heterocycles. The number of nitrogens with zero attached hydrogens (tertiary/aromatic N) is 3. The van der Waals surface area contributed by atoms with Gasteiger partial charge in [-0.25, -0.2) is 4.98 Å². The van der Waals surface area contributed by atoms with Crippen molar-refractivity contribution >= 4 is 38.7 Å². The van der Waals surface area contributed by atoms with Gasteiger partial charge < -0.3 is 24.3 Å². The van der Waals surface area contributed by atoms with E-state index in [0.717, 1.165) is 76.9 Å². The van der Waals surface area contributed by atoms with Crippen LogP contribution >= 0.6 is 0 Å². The first kappa shape index (κ1) is 21.4. The molecule has 0 aliphatic heterocycles. The molecule has 0 fully saturated rings. The van der Waals surface area contributed by atoms with E-state index in [-0.39, 0.29) is 0 Å². The van der Waals surface area contributed by atoms with Gasteiger partial charge in [0, 0.05) is 18.5 Å². The van der Waals surface area contributed by atoms with E-state index in [0.29, 0.717) is 6.61 Å². The van der Waals surface area contributed by atoms with Crippen molar-refractivity contribution in [2.45, 2.75) is 12.8 Å². The third-order valence-electron chi connectivity index (χ3n) is 5.38. The molecule has 0 saturated carbocycles. The molecule has 0 aliphatic rings. The van der Waals surface area contributed by atoms with E-state index in [1.54, 1.807) is 0 Å². The molecule has 31 heavy (non-hydrogen) atoms. The van der Waals surface area contributed by atoms with Crippen LogP contribution in [-0.4, -0.2) is 69.2 Å². The standard InChI is InChI=1S/C25H32N4O2/c1-28(2)15-8-14-26-22-18-10-5-6-12-20(18)27-23-19-11-7-13-21(24(19)31-25(22)23)30-17-9-16-29(3)4/h5-7,10-13H,8-9,14-17H2,1-4H3,(H,26,27). The van der Waals surface area contributed by atoms with Crippen molar-refractivity contribution < 1.29 is 9.15 Å². The summed E-state index contributed by atoms with van der Waals surface area (Å²) in [6.45, 7) is 3.54. The smallest absolute Gasteiger partial charge is 0.179 e. The monoisotopic (exact) mass is 420 g/mol. The van der Waals surface area contributed by atoms with Gasteiger partial charge in [0.1, 0.15) is 5.52 Å². The van der Waals surface area contributed by atoms with Crippen molar-refractivity contribution in [1.82, 2.24) is 14.8 Å². The Hall–Kier alpha value is -2.83. The fourth-order valence-electron chi connectivity index (χ4n) is 3.85. The third-order valence-corrected chi connectivity index (χ3v) is 5.38. The first-order valence-electron chi connectivity index (χ1n) is 10.9. The summed E-state index contributed by atoms with van der Waals surface area (Å²) in [4.78, 5) is 9.30. The van der Waals surface area contributed by atoms with E-state index in [1.807, 2.05) is 24.3 Å². The Morgan fingerprint density at radius 2 is 1.61 bits per heavy atom. The number of hydrogen-bond donors (Lipinski definition) is 1. The van der Waals surface area contributed by atoms with Crippen molar-refractivity contribution in [2.75, 3.05) is 59.7 Å². The van der Waals surface area contributed by atoms with Crippen LogP contribution in [-0.2, 0) is 0 Å². The van der Waals surface area contributed by atoms with Crippen LogP contribution < -0.4 is 10.1 Å². The summed E-state index contributed by atoms with van der Waals surface area (Å²) in [6, 6.07) is 14.3. The molecule has 6 heteroatoms. The van der Waals surface area contributed by atoms with Crippen LogP contribution in [0.25, 0.3) is 33.0 Å². The van der Waals surface area contributed by atoms with Crippen molar-refractivity contribution in [3.63, 3.8) is 0 Å². The Balaban J connectivity index is 1.73. The van der Waals surface area contributed by atoms with Crippen LogP contribution in [0.1, 0.15) is 12.8 Å². The minimum atomic E-state index is 0.652. The van der Waals surface area contributed by atoms with Gasteiger partial charge in [0.05, 0.1) is 23.2 Å². The number of rotatable bonds is 10. The normalized spacial score (nSPS) is 11.9. The van der Waals surface area contributed by atoms with Gasteiger partial charge in [0.15, 0.2) is 16.9 Å². The molecule has 0 unspecified atom stereocenters. The molecule has 0 aliphatic carbocycles. The molecule has 0 saturated heterocycles. The molecule has 1 N–H and O–H groups in total. The minimum absolute atomic E-state index is 0.652. The fraction of sp³-hybridized carbons (Fsp3) is 0.400. The van der Waals surface area contributed by atoms with Gasteiger partial charge >= 0.3 is 0 Å². The number of pyridine rings is 1. The van der Waals surface area contributed by atoms with Crippen LogP contribution in [0.2, 0.25) is 0 Å². The number of fused-ring (bicyclic) bond motifs is 4. The molecule has 0 bridgehead atoms. The zero-order valence-corrected chi connectivity index (χ0v) is 18.9. The fourth-order valence-corrected chi connectivity index (χ4v) is 3.85. The summed E-state index contributed by atoms with van der Waals surface area (Å²) in [5.41, 5.74) is 4.41. The Morgan fingerprint density at radius 3 is 2.42 bits per heavy atom. The first-order chi connectivity index (χ1) is 15.0. The maximum Gasteiger partial charge on any atom is 0.179 e. The zero-order valence-electron chi connectivity index (χ0n) is 18.9. The molecule has 0 spiro atoms. The lowest BCUT2D eigenvalue weighted by atomic mass is 10.1. The van der Waals surface area contributed by atoms with Crippen molar-refractivity contribution in [3.8, 4) is 5.75 Å². The summed E-state index contributed by atoms with van der Waals surface area (Å²) in [5, 5.41) is 5.69. The van der Waals surface area contributed by atoms with Gasteiger partial charge in [0.2, 0.25) is 0 Å². The number of nitrogens with one attached hydrogen (secondary N) is 1. The van der Waals surface area contributed by atoms with Crippen LogP contribution in [0.15, 0.2) is 46.9 Å². The Kier molecular flexibility index (Phi) is 6.59. The topological polar surface area (TPSA) is 53.8 Å². The minimum Gasteiger partial charge on any atom is -0.490 e. The molecule has 0 atom stereocenters. The highest BCUT2D eigenvalue weighted by Crippen LogP contribution is 2.39. The predicted octanol–water partition coefficient (Wildman–Crippen LogP) is 4.83. The molecule has 4 rings (SSSR count). The number of benzene rings is 2. The summed E-state index contributed by atoms with van der Waals surface area (Å²) >= 11 is 0. The third kappa shape index (κ3) is 4.75. The lowest BCUT2D eigenvalue weighted by Gasteiger charge is -2.12. The highest BCUT2D eigenvalue weighted by Gasteiger charge is 2.18. The Morgan fingerprint density at radius 1 is 0.871 bits per heavy atom. The largest absolute Gasteiger partial charge is 0.490 e. The molecule has 0 radical (unpaired) electrons. The van der Waals surface area contributed by atoms with Crippen molar-refractivity contribution in [3.05, 3.63) is 42.5 Å². The predicted molar refractivity (Wildman–Crippen MR) is 129 cm³/mol. The van der Waals surface area contributed by atoms with Gasteiger partial charge in [-0.3, -0.25) is 0 Å². The second kappa shape index (κ2) is 9.54. The molecule has 2 aromatic heterocycles. The number of hydrogen-bond acceptors (Lipinski definition) is 6. The number of aromatic nitrogens is 1. The van der Waals surface area contributed by atoms with E-state index < -0.39 is 0 Å². The van der Waals surface area contributed by atoms with Gasteiger partial charge in [-0.05, 0) is 65.8 Å². The van der Waals surface area contributed by atoms with Gasteiger partial charge in [-0.1, -0.05) is 24.3 Å². The number of para-hydroxylation sites is 2. The van der Waals surface area contributed by atoms with Crippen LogP contribution in [0.4, 0.5) is 5.69 Å². The Labute approximate surface area is 183 Å². The van der Waals surface area contributed by atoms with Gasteiger partial charge in [0.25, 0.3) is 0 Å². The maximum atomic E-state index is 6.41. The van der Waals surface area contributed by atoms with Crippen LogP contribution in [0.5, 0.6) is 5.75 Å². The summed E-state index contributed by atoms with van der Waals surface area (Å²) < 4.78 is 12.5. The van der Waals surface area contributed by atoms with Crippen LogP contribution in [0, 0.1) is 0 Å². The second-order valence-corrected chi connectivity index (χ2v) is 8.51. The lowest BCUT2D eigenvalue weighted by Crippen LogP contribution is -2.16. The van der Waals surface area contributed by atoms with Gasteiger partial charge in [-0.15, -0.1) is 0 Å². The molecule has 2 aromatic carbocycles. The molecule has 6 nitrogen and oxygen atoms in total. The first-order valence-corrected chi connectivity index (χ1v) is 10.9. The number of furan rings is 1. The van der Waals surface area contributed by atoms with E-state index in [9.17, 15) is 0 Å². The van der Waals surface area contributed by atoms with E-state index in [4.69, 9.17) is 14.1 Å². The quantitative estimate of drug-likeness (QED) is 0.371. The molecular formula is C25H32N4O2. The zero-order chi connectivity index (χ0) is 21.8. The average molecular weight is 421 g/mol. The Bertz CT molecular complexity index is 1170. The summed E-state index contributed by atoms with van der Waals surface area (Å²) in [5.74, 6) is 0.775. The number of ether oxygens (including phenoxy) is 1.